The molecule has 0 aliphatic carbocycles. The summed E-state index contributed by atoms with van der Waals surface area (Å²) in [7, 11) is -3.33. The number of fused-ring (bicyclic) bond motifs is 1. The van der Waals surface area contributed by atoms with Crippen LogP contribution in [0.15, 0.2) is 33.8 Å². The number of nitrogens with zero attached hydrogens (tertiary/aromatic N) is 1. The molecule has 1 N–H and O–H groups in total. The van der Waals surface area contributed by atoms with Crippen molar-refractivity contribution in [3.8, 4) is 5.75 Å². The van der Waals surface area contributed by atoms with Crippen molar-refractivity contribution in [2.24, 2.45) is 0 Å². The SMILES string of the molecule is CS(=O)(=O)c1cc2c(O)ccnc2cc1Br. The molecule has 84 valence electrons. The minimum absolute atomic E-state index is 0.0161. The number of rotatable bonds is 1. The van der Waals surface area contributed by atoms with Crippen molar-refractivity contribution in [2.45, 2.75) is 4.90 Å². The van der Waals surface area contributed by atoms with Gasteiger partial charge in [-0.2, -0.15) is 0 Å². The number of hydrogen-bond donors (Lipinski definition) is 1. The van der Waals surface area contributed by atoms with Crippen LogP contribution >= 0.6 is 15.9 Å². The Labute approximate surface area is 101 Å². The van der Waals surface area contributed by atoms with E-state index < -0.39 is 9.84 Å². The Hall–Kier alpha value is -1.14. The summed E-state index contributed by atoms with van der Waals surface area (Å²) in [4.78, 5) is 4.18. The Kier molecular flexibility index (Phi) is 2.63. The fraction of sp³-hybridized carbons (Fsp3) is 0.100. The van der Waals surface area contributed by atoms with Crippen LogP contribution < -0.4 is 0 Å². The molecule has 0 fully saturated rings. The van der Waals surface area contributed by atoms with Gasteiger partial charge >= 0.3 is 0 Å². The summed E-state index contributed by atoms with van der Waals surface area (Å²) in [5.74, 6) is 0.0161. The van der Waals surface area contributed by atoms with Crippen molar-refractivity contribution in [1.82, 2.24) is 4.98 Å². The van der Waals surface area contributed by atoms with Crippen LogP contribution in [0, 0.1) is 0 Å². The maximum atomic E-state index is 11.5. The van der Waals surface area contributed by atoms with Crippen LogP contribution in [0.4, 0.5) is 0 Å². The Balaban J connectivity index is 2.90. The van der Waals surface area contributed by atoms with E-state index in [1.165, 1.54) is 18.3 Å². The molecule has 0 bridgehead atoms. The van der Waals surface area contributed by atoms with Gasteiger partial charge in [-0.05, 0) is 34.1 Å². The molecule has 0 amide bonds. The second-order valence-corrected chi connectivity index (χ2v) is 6.24. The van der Waals surface area contributed by atoms with E-state index in [4.69, 9.17) is 0 Å². The van der Waals surface area contributed by atoms with E-state index in [1.54, 1.807) is 6.07 Å². The second-order valence-electron chi connectivity index (χ2n) is 3.40. The smallest absolute Gasteiger partial charge is 0.176 e. The fourth-order valence-corrected chi connectivity index (χ4v) is 3.38. The number of aromatic hydroxyl groups is 1. The first-order valence-corrected chi connectivity index (χ1v) is 7.05. The number of benzene rings is 1. The zero-order valence-corrected chi connectivity index (χ0v) is 10.7. The molecule has 1 aromatic heterocycles. The van der Waals surface area contributed by atoms with Gasteiger partial charge in [0.1, 0.15) is 5.75 Å². The average Bonchev–Trinajstić information content (AvgIpc) is 2.15. The number of aromatic nitrogens is 1. The Bertz CT molecular complexity index is 667. The van der Waals surface area contributed by atoms with Gasteiger partial charge in [0.25, 0.3) is 0 Å². The average molecular weight is 302 g/mol. The van der Waals surface area contributed by atoms with Gasteiger partial charge < -0.3 is 5.11 Å². The summed E-state index contributed by atoms with van der Waals surface area (Å²) in [5.41, 5.74) is 0.541. The molecular weight excluding hydrogens is 294 g/mol. The Morgan fingerprint density at radius 1 is 1.38 bits per heavy atom. The third-order valence-electron chi connectivity index (χ3n) is 2.17. The standard InChI is InChI=1S/C10H8BrNO3S/c1-16(14,15)10-4-6-8(5-7(10)11)12-3-2-9(6)13/h2-5H,1H3,(H,12,13). The first-order chi connectivity index (χ1) is 7.39. The molecule has 0 atom stereocenters. The number of sulfone groups is 1. The van der Waals surface area contributed by atoms with E-state index in [0.29, 0.717) is 15.4 Å². The van der Waals surface area contributed by atoms with E-state index >= 15 is 0 Å². The third-order valence-corrected chi connectivity index (χ3v) is 4.23. The molecule has 0 spiro atoms. The largest absolute Gasteiger partial charge is 0.507 e. The zero-order chi connectivity index (χ0) is 11.9. The summed E-state index contributed by atoms with van der Waals surface area (Å²) in [5, 5.41) is 10.0. The molecule has 6 heteroatoms. The first kappa shape index (κ1) is 11.3. The maximum Gasteiger partial charge on any atom is 0.176 e. The van der Waals surface area contributed by atoms with Gasteiger partial charge in [0.15, 0.2) is 9.84 Å². The van der Waals surface area contributed by atoms with Gasteiger partial charge in [0.05, 0.1) is 10.4 Å². The first-order valence-electron chi connectivity index (χ1n) is 4.37. The van der Waals surface area contributed by atoms with Crippen LogP contribution in [0.1, 0.15) is 0 Å². The third kappa shape index (κ3) is 1.90. The minimum Gasteiger partial charge on any atom is -0.507 e. The minimum atomic E-state index is -3.33. The molecule has 1 heterocycles. The second kappa shape index (κ2) is 3.71. The molecular formula is C10H8BrNO3S. The lowest BCUT2D eigenvalue weighted by Crippen LogP contribution is -1.98. The predicted octanol–water partition coefficient (Wildman–Crippen LogP) is 2.11. The molecule has 0 aliphatic heterocycles. The van der Waals surface area contributed by atoms with Crippen molar-refractivity contribution in [2.75, 3.05) is 6.26 Å². The summed E-state index contributed by atoms with van der Waals surface area (Å²) in [6, 6.07) is 4.41. The van der Waals surface area contributed by atoms with Gasteiger partial charge in [0.2, 0.25) is 0 Å². The molecule has 0 saturated carbocycles. The molecule has 16 heavy (non-hydrogen) atoms. The van der Waals surface area contributed by atoms with E-state index in [-0.39, 0.29) is 10.6 Å². The number of hydrogen-bond acceptors (Lipinski definition) is 4. The van der Waals surface area contributed by atoms with Crippen molar-refractivity contribution in [3.63, 3.8) is 0 Å². The lowest BCUT2D eigenvalue weighted by atomic mass is 10.2. The molecule has 4 nitrogen and oxygen atoms in total. The summed E-state index contributed by atoms with van der Waals surface area (Å²) >= 11 is 3.18. The molecule has 2 rings (SSSR count). The molecule has 0 aliphatic rings. The van der Waals surface area contributed by atoms with Crippen molar-refractivity contribution >= 4 is 36.7 Å². The highest BCUT2D eigenvalue weighted by molar-refractivity contribution is 9.10. The topological polar surface area (TPSA) is 67.3 Å². The van der Waals surface area contributed by atoms with E-state index in [0.717, 1.165) is 6.26 Å². The van der Waals surface area contributed by atoms with Crippen LogP contribution in [0.2, 0.25) is 0 Å². The van der Waals surface area contributed by atoms with Crippen LogP contribution in [-0.2, 0) is 9.84 Å². The van der Waals surface area contributed by atoms with Gasteiger partial charge in [-0.3, -0.25) is 4.98 Å². The van der Waals surface area contributed by atoms with Gasteiger partial charge in [-0.1, -0.05) is 0 Å². The molecule has 0 saturated heterocycles. The van der Waals surface area contributed by atoms with Crippen LogP contribution in [0.5, 0.6) is 5.75 Å². The number of pyridine rings is 1. The van der Waals surface area contributed by atoms with Crippen molar-refractivity contribution in [1.29, 1.82) is 0 Å². The lowest BCUT2D eigenvalue weighted by molar-refractivity contribution is 0.481. The monoisotopic (exact) mass is 301 g/mol. The molecule has 2 aromatic rings. The quantitative estimate of drug-likeness (QED) is 0.876. The van der Waals surface area contributed by atoms with Gasteiger partial charge in [-0.15, -0.1) is 0 Å². The zero-order valence-electron chi connectivity index (χ0n) is 8.31. The highest BCUT2D eigenvalue weighted by atomic mass is 79.9. The van der Waals surface area contributed by atoms with Gasteiger partial charge in [0, 0.05) is 22.3 Å². The molecule has 0 radical (unpaired) electrons. The highest BCUT2D eigenvalue weighted by Gasteiger charge is 2.14. The Morgan fingerprint density at radius 2 is 2.06 bits per heavy atom. The van der Waals surface area contributed by atoms with Crippen LogP contribution in [0.3, 0.4) is 0 Å². The fourth-order valence-electron chi connectivity index (χ4n) is 1.42. The number of halogens is 1. The molecule has 0 unspecified atom stereocenters. The van der Waals surface area contributed by atoms with Crippen molar-refractivity contribution < 1.29 is 13.5 Å². The normalized spacial score (nSPS) is 11.9. The maximum absolute atomic E-state index is 11.5. The van der Waals surface area contributed by atoms with E-state index in [2.05, 4.69) is 20.9 Å². The van der Waals surface area contributed by atoms with E-state index in [9.17, 15) is 13.5 Å². The molecule has 1 aromatic carbocycles. The Morgan fingerprint density at radius 3 is 2.69 bits per heavy atom. The summed E-state index contributed by atoms with van der Waals surface area (Å²) < 4.78 is 23.4. The van der Waals surface area contributed by atoms with E-state index in [1.807, 2.05) is 0 Å². The predicted molar refractivity (Wildman–Crippen MR) is 64.2 cm³/mol. The van der Waals surface area contributed by atoms with Crippen LogP contribution in [0.25, 0.3) is 10.9 Å². The summed E-state index contributed by atoms with van der Waals surface area (Å²) in [6.45, 7) is 0. The van der Waals surface area contributed by atoms with Crippen molar-refractivity contribution in [3.05, 3.63) is 28.9 Å². The summed E-state index contributed by atoms with van der Waals surface area (Å²) in [6.07, 6.45) is 2.58. The van der Waals surface area contributed by atoms with Crippen LogP contribution in [-0.4, -0.2) is 24.8 Å². The van der Waals surface area contributed by atoms with Gasteiger partial charge in [-0.25, -0.2) is 8.42 Å². The lowest BCUT2D eigenvalue weighted by Gasteiger charge is -2.05. The highest BCUT2D eigenvalue weighted by Crippen LogP contribution is 2.30.